The molecule has 2 unspecified atom stereocenters. The van der Waals surface area contributed by atoms with Crippen molar-refractivity contribution in [2.24, 2.45) is 0 Å². The summed E-state index contributed by atoms with van der Waals surface area (Å²) in [6.07, 6.45) is -0.495. The van der Waals surface area contributed by atoms with Crippen molar-refractivity contribution in [3.05, 3.63) is 34.3 Å². The van der Waals surface area contributed by atoms with E-state index in [1.165, 1.54) is 0 Å². The van der Waals surface area contributed by atoms with E-state index < -0.39 is 6.10 Å². The fraction of sp³-hybridized carbons (Fsp3) is 0.500. The molecule has 90 valence electrons. The average molecular weight is 288 g/mol. The van der Waals surface area contributed by atoms with Crippen LogP contribution in [0.4, 0.5) is 0 Å². The van der Waals surface area contributed by atoms with Gasteiger partial charge < -0.3 is 15.2 Å². The maximum Gasteiger partial charge on any atom is 0.0940 e. The molecule has 0 bridgehead atoms. The Morgan fingerprint density at radius 3 is 2.56 bits per heavy atom. The fourth-order valence-electron chi connectivity index (χ4n) is 1.45. The molecule has 1 rings (SSSR count). The second kappa shape index (κ2) is 7.01. The first-order valence-corrected chi connectivity index (χ1v) is 6.10. The Kier molecular flexibility index (Phi) is 5.98. The topological polar surface area (TPSA) is 41.5 Å². The molecule has 16 heavy (non-hydrogen) atoms. The maximum atomic E-state index is 10.1. The van der Waals surface area contributed by atoms with Gasteiger partial charge in [0, 0.05) is 24.2 Å². The van der Waals surface area contributed by atoms with Crippen molar-refractivity contribution in [1.29, 1.82) is 0 Å². The Hall–Kier alpha value is -0.420. The molecule has 0 fully saturated rings. The highest BCUT2D eigenvalue weighted by Gasteiger charge is 2.15. The van der Waals surface area contributed by atoms with Crippen LogP contribution in [-0.2, 0) is 4.74 Å². The molecule has 0 spiro atoms. The standard InChI is InChI=1S/C12H18BrNO2/c1-9(14-7-8-16-2)12(15)10-3-5-11(13)6-4-10/h3-6,9,12,14-15H,7-8H2,1-2H3. The minimum atomic E-state index is -0.495. The minimum Gasteiger partial charge on any atom is -0.387 e. The summed E-state index contributed by atoms with van der Waals surface area (Å²) in [7, 11) is 1.66. The molecular formula is C12H18BrNO2. The van der Waals surface area contributed by atoms with Gasteiger partial charge in [-0.3, -0.25) is 0 Å². The van der Waals surface area contributed by atoms with E-state index in [2.05, 4.69) is 21.2 Å². The number of hydrogen-bond acceptors (Lipinski definition) is 3. The number of ether oxygens (including phenoxy) is 1. The molecule has 0 radical (unpaired) electrons. The zero-order valence-corrected chi connectivity index (χ0v) is 11.2. The number of benzene rings is 1. The highest BCUT2D eigenvalue weighted by atomic mass is 79.9. The van der Waals surface area contributed by atoms with Crippen LogP contribution < -0.4 is 5.32 Å². The number of halogens is 1. The predicted molar refractivity (Wildman–Crippen MR) is 68.4 cm³/mol. The summed E-state index contributed by atoms with van der Waals surface area (Å²) in [5.74, 6) is 0. The fourth-order valence-corrected chi connectivity index (χ4v) is 1.71. The SMILES string of the molecule is COCCNC(C)C(O)c1ccc(Br)cc1. The van der Waals surface area contributed by atoms with Crippen molar-refractivity contribution in [2.45, 2.75) is 19.1 Å². The molecule has 0 aromatic heterocycles. The lowest BCUT2D eigenvalue weighted by atomic mass is 10.0. The van der Waals surface area contributed by atoms with Crippen molar-refractivity contribution in [2.75, 3.05) is 20.3 Å². The number of aliphatic hydroxyl groups excluding tert-OH is 1. The third-order valence-electron chi connectivity index (χ3n) is 2.46. The van der Waals surface area contributed by atoms with Gasteiger partial charge in [-0.15, -0.1) is 0 Å². The molecule has 0 saturated carbocycles. The summed E-state index contributed by atoms with van der Waals surface area (Å²) in [5, 5.41) is 13.3. The number of methoxy groups -OCH3 is 1. The van der Waals surface area contributed by atoms with E-state index in [4.69, 9.17) is 4.74 Å². The molecule has 2 N–H and O–H groups in total. The third kappa shape index (κ3) is 4.22. The largest absolute Gasteiger partial charge is 0.387 e. The highest BCUT2D eigenvalue weighted by Crippen LogP contribution is 2.19. The van der Waals surface area contributed by atoms with Gasteiger partial charge >= 0.3 is 0 Å². The Bertz CT molecular complexity index is 302. The highest BCUT2D eigenvalue weighted by molar-refractivity contribution is 9.10. The Balaban J connectivity index is 2.49. The first-order valence-electron chi connectivity index (χ1n) is 5.31. The quantitative estimate of drug-likeness (QED) is 0.788. The zero-order chi connectivity index (χ0) is 12.0. The number of aliphatic hydroxyl groups is 1. The van der Waals surface area contributed by atoms with E-state index in [1.807, 2.05) is 31.2 Å². The van der Waals surface area contributed by atoms with Gasteiger partial charge in [0.2, 0.25) is 0 Å². The Labute approximate surface area is 105 Å². The van der Waals surface area contributed by atoms with Gasteiger partial charge in [-0.25, -0.2) is 0 Å². The van der Waals surface area contributed by atoms with Gasteiger partial charge in [0.25, 0.3) is 0 Å². The minimum absolute atomic E-state index is 0.0105. The lowest BCUT2D eigenvalue weighted by molar-refractivity contribution is 0.126. The van der Waals surface area contributed by atoms with Crippen LogP contribution in [0.3, 0.4) is 0 Å². The molecule has 0 heterocycles. The molecule has 0 aliphatic rings. The predicted octanol–water partition coefficient (Wildman–Crippen LogP) is 2.11. The van der Waals surface area contributed by atoms with Crippen LogP contribution in [0.2, 0.25) is 0 Å². The van der Waals surface area contributed by atoms with Crippen LogP contribution >= 0.6 is 15.9 Å². The Morgan fingerprint density at radius 1 is 1.38 bits per heavy atom. The lowest BCUT2D eigenvalue weighted by Crippen LogP contribution is -2.34. The van der Waals surface area contributed by atoms with Crippen molar-refractivity contribution in [1.82, 2.24) is 5.32 Å². The van der Waals surface area contributed by atoms with E-state index in [9.17, 15) is 5.11 Å². The second-order valence-electron chi connectivity index (χ2n) is 3.73. The number of rotatable bonds is 6. The Morgan fingerprint density at radius 2 is 2.00 bits per heavy atom. The van der Waals surface area contributed by atoms with Crippen LogP contribution in [-0.4, -0.2) is 31.4 Å². The third-order valence-corrected chi connectivity index (χ3v) is 2.99. The van der Waals surface area contributed by atoms with Gasteiger partial charge in [-0.1, -0.05) is 28.1 Å². The molecule has 3 nitrogen and oxygen atoms in total. The van der Waals surface area contributed by atoms with Crippen LogP contribution in [0.25, 0.3) is 0 Å². The zero-order valence-electron chi connectivity index (χ0n) is 9.61. The summed E-state index contributed by atoms with van der Waals surface area (Å²) >= 11 is 3.37. The summed E-state index contributed by atoms with van der Waals surface area (Å²) < 4.78 is 5.96. The van der Waals surface area contributed by atoms with Crippen LogP contribution in [0, 0.1) is 0 Å². The second-order valence-corrected chi connectivity index (χ2v) is 4.65. The smallest absolute Gasteiger partial charge is 0.0940 e. The normalized spacial score (nSPS) is 14.8. The summed E-state index contributed by atoms with van der Waals surface area (Å²) in [4.78, 5) is 0. The van der Waals surface area contributed by atoms with Crippen LogP contribution in [0.15, 0.2) is 28.7 Å². The molecule has 0 aliphatic carbocycles. The van der Waals surface area contributed by atoms with E-state index in [0.717, 1.165) is 16.6 Å². The molecule has 0 saturated heterocycles. The summed E-state index contributed by atoms with van der Waals surface area (Å²) in [6, 6.07) is 7.71. The van der Waals surface area contributed by atoms with Gasteiger partial charge in [-0.05, 0) is 24.6 Å². The van der Waals surface area contributed by atoms with Crippen molar-refractivity contribution < 1.29 is 9.84 Å². The molecular weight excluding hydrogens is 270 g/mol. The van der Waals surface area contributed by atoms with E-state index in [0.29, 0.717) is 6.61 Å². The monoisotopic (exact) mass is 287 g/mol. The van der Waals surface area contributed by atoms with Gasteiger partial charge in [0.05, 0.1) is 12.7 Å². The molecule has 1 aromatic carbocycles. The van der Waals surface area contributed by atoms with E-state index >= 15 is 0 Å². The first kappa shape index (κ1) is 13.6. The number of nitrogens with one attached hydrogen (secondary N) is 1. The maximum absolute atomic E-state index is 10.1. The number of hydrogen-bond donors (Lipinski definition) is 2. The van der Waals surface area contributed by atoms with Gasteiger partial charge in [-0.2, -0.15) is 0 Å². The summed E-state index contributed by atoms with van der Waals surface area (Å²) in [5.41, 5.74) is 0.917. The summed E-state index contributed by atoms with van der Waals surface area (Å²) in [6.45, 7) is 3.35. The van der Waals surface area contributed by atoms with Gasteiger partial charge in [0.15, 0.2) is 0 Å². The molecule has 1 aromatic rings. The van der Waals surface area contributed by atoms with Gasteiger partial charge in [0.1, 0.15) is 0 Å². The average Bonchev–Trinajstić information content (AvgIpc) is 2.29. The molecule has 0 aliphatic heterocycles. The lowest BCUT2D eigenvalue weighted by Gasteiger charge is -2.20. The van der Waals surface area contributed by atoms with Crippen LogP contribution in [0.5, 0.6) is 0 Å². The van der Waals surface area contributed by atoms with E-state index in [1.54, 1.807) is 7.11 Å². The first-order chi connectivity index (χ1) is 7.65. The van der Waals surface area contributed by atoms with Crippen LogP contribution in [0.1, 0.15) is 18.6 Å². The van der Waals surface area contributed by atoms with Crippen molar-refractivity contribution in [3.63, 3.8) is 0 Å². The van der Waals surface area contributed by atoms with Crippen molar-refractivity contribution >= 4 is 15.9 Å². The molecule has 2 atom stereocenters. The van der Waals surface area contributed by atoms with Crippen molar-refractivity contribution in [3.8, 4) is 0 Å². The molecule has 0 amide bonds. The molecule has 4 heteroatoms. The van der Waals surface area contributed by atoms with E-state index in [-0.39, 0.29) is 6.04 Å².